The van der Waals surface area contributed by atoms with E-state index in [4.69, 9.17) is 4.74 Å². The summed E-state index contributed by atoms with van der Waals surface area (Å²) in [6.07, 6.45) is 3.33. The van der Waals surface area contributed by atoms with Crippen LogP contribution in [0, 0.1) is 17.8 Å². The lowest BCUT2D eigenvalue weighted by molar-refractivity contribution is -0.129. The fraction of sp³-hybridized carbons (Fsp3) is 0.611. The van der Waals surface area contributed by atoms with Crippen LogP contribution in [0.2, 0.25) is 0 Å². The summed E-state index contributed by atoms with van der Waals surface area (Å²) >= 11 is 0. The maximum atomic E-state index is 12.8. The molecule has 120 valence electrons. The Morgan fingerprint density at radius 2 is 2.05 bits per heavy atom. The average Bonchev–Trinajstić information content (AvgIpc) is 3.14. The van der Waals surface area contributed by atoms with Crippen molar-refractivity contribution in [3.8, 4) is 0 Å². The first kappa shape index (κ1) is 15.5. The van der Waals surface area contributed by atoms with Gasteiger partial charge in [0.15, 0.2) is 0 Å². The number of hydrogen-bond acceptors (Lipinski definition) is 3. The third kappa shape index (κ3) is 2.55. The topological polar surface area (TPSA) is 58.6 Å². The molecule has 2 N–H and O–H groups in total. The predicted octanol–water partition coefficient (Wildman–Crippen LogP) is 2.18. The number of nitrogens with one attached hydrogen (secondary N) is 1. The molecule has 1 unspecified atom stereocenters. The van der Waals surface area contributed by atoms with E-state index in [1.54, 1.807) is 0 Å². The third-order valence-corrected chi connectivity index (χ3v) is 5.65. The van der Waals surface area contributed by atoms with Gasteiger partial charge < -0.3 is 15.2 Å². The lowest BCUT2D eigenvalue weighted by atomic mass is 9.83. The van der Waals surface area contributed by atoms with Gasteiger partial charge in [-0.2, -0.15) is 0 Å². The summed E-state index contributed by atoms with van der Waals surface area (Å²) in [5, 5.41) is 12.5. The molecule has 1 saturated carbocycles. The van der Waals surface area contributed by atoms with Crippen molar-refractivity contribution in [2.75, 3.05) is 19.8 Å². The smallest absolute Gasteiger partial charge is 0.227 e. The zero-order valence-corrected chi connectivity index (χ0v) is 13.2. The van der Waals surface area contributed by atoms with E-state index in [1.165, 1.54) is 5.56 Å². The molecule has 1 aliphatic carbocycles. The van der Waals surface area contributed by atoms with E-state index in [9.17, 15) is 9.90 Å². The number of rotatable bonds is 5. The van der Waals surface area contributed by atoms with E-state index < -0.39 is 0 Å². The monoisotopic (exact) mass is 303 g/mol. The van der Waals surface area contributed by atoms with E-state index in [0.717, 1.165) is 38.0 Å². The summed E-state index contributed by atoms with van der Waals surface area (Å²) in [6.45, 7) is 4.16. The lowest BCUT2D eigenvalue weighted by Gasteiger charge is -2.28. The van der Waals surface area contributed by atoms with Gasteiger partial charge in [0.2, 0.25) is 5.91 Å². The van der Waals surface area contributed by atoms with Crippen LogP contribution in [0.25, 0.3) is 0 Å². The number of carbonyl (C=O) groups excluding carboxylic acids is 1. The molecule has 1 heterocycles. The van der Waals surface area contributed by atoms with E-state index in [2.05, 4.69) is 18.3 Å². The van der Waals surface area contributed by atoms with Gasteiger partial charge in [0.25, 0.3) is 0 Å². The van der Waals surface area contributed by atoms with Gasteiger partial charge in [-0.15, -0.1) is 0 Å². The Morgan fingerprint density at radius 1 is 1.32 bits per heavy atom. The molecule has 3 rings (SSSR count). The highest BCUT2D eigenvalue weighted by Gasteiger charge is 2.70. The van der Waals surface area contributed by atoms with Crippen molar-refractivity contribution in [1.82, 2.24) is 5.32 Å². The largest absolute Gasteiger partial charge is 0.396 e. The number of ether oxygens (including phenoxy) is 1. The molecular formula is C18H25NO3. The molecule has 4 heteroatoms. The number of aliphatic hydroxyl groups is 1. The molecule has 0 radical (unpaired) electrons. The Labute approximate surface area is 131 Å². The minimum Gasteiger partial charge on any atom is -0.396 e. The highest BCUT2D eigenvalue weighted by molar-refractivity contribution is 5.87. The molecule has 22 heavy (non-hydrogen) atoms. The molecule has 1 amide bonds. The molecule has 1 atom stereocenters. The first-order valence-corrected chi connectivity index (χ1v) is 8.15. The van der Waals surface area contributed by atoms with Crippen LogP contribution < -0.4 is 5.32 Å². The van der Waals surface area contributed by atoms with Crippen molar-refractivity contribution in [3.63, 3.8) is 0 Å². The maximum absolute atomic E-state index is 12.8. The van der Waals surface area contributed by atoms with Crippen molar-refractivity contribution < 1.29 is 14.6 Å². The number of benzene rings is 1. The maximum Gasteiger partial charge on any atom is 0.227 e. The van der Waals surface area contributed by atoms with Crippen LogP contribution >= 0.6 is 0 Å². The number of hydrogen-bond donors (Lipinski definition) is 2. The normalized spacial score (nSPS) is 25.9. The summed E-state index contributed by atoms with van der Waals surface area (Å²) in [5.74, 6) is 0.103. The van der Waals surface area contributed by atoms with Crippen LogP contribution in [0.3, 0.4) is 0 Å². The highest BCUT2D eigenvalue weighted by Crippen LogP contribution is 2.70. The quantitative estimate of drug-likeness (QED) is 0.876. The van der Waals surface area contributed by atoms with Crippen molar-refractivity contribution in [2.45, 2.75) is 39.2 Å². The number of amides is 1. The van der Waals surface area contributed by atoms with Gasteiger partial charge in [0.1, 0.15) is 0 Å². The minimum absolute atomic E-state index is 0.0593. The fourth-order valence-corrected chi connectivity index (χ4v) is 4.08. The van der Waals surface area contributed by atoms with Crippen LogP contribution in [0.4, 0.5) is 0 Å². The van der Waals surface area contributed by atoms with Gasteiger partial charge in [0, 0.05) is 26.4 Å². The van der Waals surface area contributed by atoms with Gasteiger partial charge in [-0.1, -0.05) is 24.3 Å². The van der Waals surface area contributed by atoms with E-state index in [-0.39, 0.29) is 23.3 Å². The Kier molecular flexibility index (Phi) is 4.24. The van der Waals surface area contributed by atoms with Crippen molar-refractivity contribution in [3.05, 3.63) is 35.4 Å². The van der Waals surface area contributed by atoms with E-state index in [1.807, 2.05) is 18.2 Å². The van der Waals surface area contributed by atoms with E-state index >= 15 is 0 Å². The summed E-state index contributed by atoms with van der Waals surface area (Å²) in [5.41, 5.74) is 2.02. The van der Waals surface area contributed by atoms with Gasteiger partial charge in [-0.25, -0.2) is 0 Å². The second kappa shape index (κ2) is 6.01. The summed E-state index contributed by atoms with van der Waals surface area (Å²) in [6, 6.07) is 8.11. The summed E-state index contributed by atoms with van der Waals surface area (Å²) < 4.78 is 5.45. The Bertz CT molecular complexity index is 551. The first-order valence-electron chi connectivity index (χ1n) is 8.15. The SMILES string of the molecule is Cc1ccccc1CNC(=O)C1(CCO)CC12CCOCC2. The molecule has 1 aromatic rings. The van der Waals surface area contributed by atoms with Gasteiger partial charge in [0.05, 0.1) is 5.41 Å². The molecule has 0 bridgehead atoms. The van der Waals surface area contributed by atoms with Gasteiger partial charge in [-0.3, -0.25) is 4.79 Å². The van der Waals surface area contributed by atoms with Gasteiger partial charge in [-0.05, 0) is 49.1 Å². The van der Waals surface area contributed by atoms with Crippen molar-refractivity contribution in [1.29, 1.82) is 0 Å². The average molecular weight is 303 g/mol. The number of carbonyl (C=O) groups is 1. The fourth-order valence-electron chi connectivity index (χ4n) is 4.08. The molecule has 1 aliphatic heterocycles. The van der Waals surface area contributed by atoms with Crippen LogP contribution in [0.1, 0.15) is 36.8 Å². The first-order chi connectivity index (χ1) is 10.6. The van der Waals surface area contributed by atoms with Crippen LogP contribution in [0.5, 0.6) is 0 Å². The van der Waals surface area contributed by atoms with Crippen molar-refractivity contribution in [2.24, 2.45) is 10.8 Å². The number of aliphatic hydroxyl groups excluding tert-OH is 1. The highest BCUT2D eigenvalue weighted by atomic mass is 16.5. The molecule has 1 spiro atoms. The molecule has 2 fully saturated rings. The zero-order chi connectivity index (χ0) is 15.6. The van der Waals surface area contributed by atoms with E-state index in [0.29, 0.717) is 13.0 Å². The molecule has 2 aliphatic rings. The molecular weight excluding hydrogens is 278 g/mol. The zero-order valence-electron chi connectivity index (χ0n) is 13.2. The van der Waals surface area contributed by atoms with Gasteiger partial charge >= 0.3 is 0 Å². The molecule has 1 aromatic carbocycles. The van der Waals surface area contributed by atoms with Crippen LogP contribution in [-0.4, -0.2) is 30.8 Å². The number of aryl methyl sites for hydroxylation is 1. The standard InChI is InChI=1S/C18H25NO3/c1-14-4-2-3-5-15(14)12-19-16(21)18(6-9-20)13-17(18)7-10-22-11-8-17/h2-5,20H,6-13H2,1H3,(H,19,21). The van der Waals surface area contributed by atoms with Crippen molar-refractivity contribution >= 4 is 5.91 Å². The Balaban J connectivity index is 1.68. The van der Waals surface area contributed by atoms with Crippen LogP contribution in [0.15, 0.2) is 24.3 Å². The molecule has 1 saturated heterocycles. The van der Waals surface area contributed by atoms with Crippen LogP contribution in [-0.2, 0) is 16.1 Å². The predicted molar refractivity (Wildman–Crippen MR) is 84.3 cm³/mol. The Hall–Kier alpha value is -1.39. The molecule has 0 aromatic heterocycles. The third-order valence-electron chi connectivity index (χ3n) is 5.65. The Morgan fingerprint density at radius 3 is 2.73 bits per heavy atom. The second-order valence-electron chi connectivity index (χ2n) is 6.73. The second-order valence-corrected chi connectivity index (χ2v) is 6.73. The lowest BCUT2D eigenvalue weighted by Crippen LogP contribution is -2.38. The molecule has 4 nitrogen and oxygen atoms in total. The minimum atomic E-state index is -0.381. The summed E-state index contributed by atoms with van der Waals surface area (Å²) in [4.78, 5) is 12.8. The summed E-state index contributed by atoms with van der Waals surface area (Å²) in [7, 11) is 0.